The molecule has 1 atom stereocenters. The third-order valence-electron chi connectivity index (χ3n) is 6.14. The van der Waals surface area contributed by atoms with Gasteiger partial charge in [0.1, 0.15) is 11.5 Å². The Morgan fingerprint density at radius 2 is 1.68 bits per heavy atom. The van der Waals surface area contributed by atoms with Gasteiger partial charge in [0, 0.05) is 18.1 Å². The van der Waals surface area contributed by atoms with Gasteiger partial charge in [0.2, 0.25) is 5.13 Å². The van der Waals surface area contributed by atoms with Crippen molar-refractivity contribution >= 4 is 33.8 Å². The molecule has 1 unspecified atom stereocenters. The summed E-state index contributed by atoms with van der Waals surface area (Å²) in [6.45, 7) is 0. The molecule has 3 aromatic carbocycles. The van der Waals surface area contributed by atoms with E-state index in [0.717, 1.165) is 21.8 Å². The van der Waals surface area contributed by atoms with E-state index < -0.39 is 16.9 Å². The van der Waals surface area contributed by atoms with Crippen molar-refractivity contribution in [2.45, 2.75) is 12.5 Å². The van der Waals surface area contributed by atoms with Crippen LogP contribution in [0.5, 0.6) is 11.5 Å². The first-order valence-electron chi connectivity index (χ1n) is 11.2. The van der Waals surface area contributed by atoms with E-state index in [9.17, 15) is 20.0 Å². The van der Waals surface area contributed by atoms with E-state index in [2.05, 4.69) is 5.43 Å². The van der Waals surface area contributed by atoms with E-state index >= 15 is 0 Å². The lowest BCUT2D eigenvalue weighted by Crippen LogP contribution is -2.42. The molecule has 2 heterocycles. The Morgan fingerprint density at radius 1 is 1.05 bits per heavy atom. The van der Waals surface area contributed by atoms with Crippen molar-refractivity contribution in [1.82, 2.24) is 4.98 Å². The number of hydrogen-bond donors (Lipinski definition) is 2. The summed E-state index contributed by atoms with van der Waals surface area (Å²) < 4.78 is 10.6. The van der Waals surface area contributed by atoms with Crippen molar-refractivity contribution in [3.05, 3.63) is 82.4 Å². The highest BCUT2D eigenvalue weighted by Gasteiger charge is 2.39. The summed E-state index contributed by atoms with van der Waals surface area (Å²) in [7, 11) is 3.20. The maximum atomic E-state index is 12.1. The molecule has 0 saturated carbocycles. The van der Waals surface area contributed by atoms with E-state index in [1.807, 2.05) is 48.5 Å². The number of ether oxygens (including phenoxy) is 2. The Labute approximate surface area is 215 Å². The van der Waals surface area contributed by atoms with Crippen molar-refractivity contribution in [3.8, 4) is 33.2 Å². The van der Waals surface area contributed by atoms with Crippen LogP contribution in [-0.4, -0.2) is 41.2 Å². The van der Waals surface area contributed by atoms with Crippen LogP contribution < -0.4 is 19.9 Å². The van der Waals surface area contributed by atoms with Gasteiger partial charge >= 0.3 is 5.97 Å². The molecule has 188 valence electrons. The summed E-state index contributed by atoms with van der Waals surface area (Å²) in [4.78, 5) is 28.8. The number of aromatic nitrogens is 1. The average Bonchev–Trinajstić information content (AvgIpc) is 3.51. The van der Waals surface area contributed by atoms with Gasteiger partial charge in [0.05, 0.1) is 41.0 Å². The molecule has 0 aliphatic carbocycles. The Morgan fingerprint density at radius 3 is 2.24 bits per heavy atom. The quantitative estimate of drug-likeness (QED) is 0.238. The van der Waals surface area contributed by atoms with Gasteiger partial charge in [-0.1, -0.05) is 17.4 Å². The highest BCUT2D eigenvalue weighted by atomic mass is 32.1. The minimum atomic E-state index is -1.10. The van der Waals surface area contributed by atoms with Crippen LogP contribution in [0.15, 0.2) is 66.7 Å². The number of nitro groups is 1. The number of hydrazine groups is 1. The number of anilines is 2. The van der Waals surface area contributed by atoms with Gasteiger partial charge in [-0.15, -0.1) is 0 Å². The standard InChI is InChI=1S/C26H22N4O6S/c1-35-17-10-6-15(7-11-17)23-24(16-8-12-18(36-2)13-9-16)37-26(27-23)28-29-20-4-3-5-21(30(33)34)19(20)14-22(29)25(31)32/h3-13,22H,14H2,1-2H3,(H,27,28)(H,31,32). The van der Waals surface area contributed by atoms with Crippen molar-refractivity contribution in [2.24, 2.45) is 0 Å². The molecule has 0 saturated heterocycles. The molecule has 1 aromatic heterocycles. The molecule has 5 rings (SSSR count). The number of methoxy groups -OCH3 is 2. The highest BCUT2D eigenvalue weighted by molar-refractivity contribution is 7.19. The van der Waals surface area contributed by atoms with Crippen LogP contribution in [0.2, 0.25) is 0 Å². The van der Waals surface area contributed by atoms with Crippen LogP contribution in [-0.2, 0) is 11.2 Å². The number of nitrogens with one attached hydrogen (secondary N) is 1. The van der Waals surface area contributed by atoms with Gasteiger partial charge in [-0.2, -0.15) is 0 Å². The minimum Gasteiger partial charge on any atom is -0.497 e. The number of carbonyl (C=O) groups is 1. The van der Waals surface area contributed by atoms with Gasteiger partial charge in [-0.25, -0.2) is 9.78 Å². The molecule has 10 nitrogen and oxygen atoms in total. The topological polar surface area (TPSA) is 127 Å². The van der Waals surface area contributed by atoms with Gasteiger partial charge in [-0.3, -0.25) is 20.5 Å². The summed E-state index contributed by atoms with van der Waals surface area (Å²) in [6.07, 6.45) is -0.00311. The summed E-state index contributed by atoms with van der Waals surface area (Å²) in [5.41, 5.74) is 6.29. The Kier molecular flexibility index (Phi) is 6.36. The van der Waals surface area contributed by atoms with Crippen molar-refractivity contribution in [1.29, 1.82) is 0 Å². The SMILES string of the molecule is COc1ccc(-c2nc(NN3c4cccc([N+](=O)[O-])c4CC3C(=O)O)sc2-c2ccc(OC)cc2)cc1. The van der Waals surface area contributed by atoms with Gasteiger partial charge in [0.15, 0.2) is 6.04 Å². The maximum absolute atomic E-state index is 12.1. The second-order valence-electron chi connectivity index (χ2n) is 8.23. The first-order valence-corrected chi connectivity index (χ1v) is 12.1. The number of benzene rings is 3. The van der Waals surface area contributed by atoms with Crippen LogP contribution in [0.3, 0.4) is 0 Å². The summed E-state index contributed by atoms with van der Waals surface area (Å²) in [5, 5.41) is 23.3. The second kappa shape index (κ2) is 9.78. The maximum Gasteiger partial charge on any atom is 0.328 e. The monoisotopic (exact) mass is 518 g/mol. The molecular weight excluding hydrogens is 496 g/mol. The van der Waals surface area contributed by atoms with Crippen molar-refractivity contribution in [2.75, 3.05) is 24.7 Å². The summed E-state index contributed by atoms with van der Waals surface area (Å²) in [5.74, 6) is 0.334. The van der Waals surface area contributed by atoms with Gasteiger partial charge in [0.25, 0.3) is 5.69 Å². The van der Waals surface area contributed by atoms with Crippen LogP contribution in [0.1, 0.15) is 5.56 Å². The lowest BCUT2D eigenvalue weighted by molar-refractivity contribution is -0.385. The van der Waals surface area contributed by atoms with Crippen LogP contribution in [0, 0.1) is 10.1 Å². The second-order valence-corrected chi connectivity index (χ2v) is 9.22. The van der Waals surface area contributed by atoms with Crippen LogP contribution >= 0.6 is 11.3 Å². The van der Waals surface area contributed by atoms with E-state index in [-0.39, 0.29) is 12.1 Å². The Bertz CT molecular complexity index is 1400. The number of thiazole rings is 1. The van der Waals surface area contributed by atoms with Gasteiger partial charge in [-0.05, 0) is 60.2 Å². The zero-order valence-electron chi connectivity index (χ0n) is 19.9. The molecule has 1 aliphatic heterocycles. The molecule has 0 bridgehead atoms. The predicted octanol–water partition coefficient (Wildman–Crippen LogP) is 5.25. The fraction of sp³-hybridized carbons (Fsp3) is 0.154. The molecule has 4 aromatic rings. The number of carboxylic acids is 1. The number of fused-ring (bicyclic) bond motifs is 1. The minimum absolute atomic E-state index is 0.00311. The molecule has 0 fully saturated rings. The number of nitrogens with zero attached hydrogens (tertiary/aromatic N) is 3. The molecule has 0 amide bonds. The molecule has 11 heteroatoms. The number of rotatable bonds is 8. The van der Waals surface area contributed by atoms with E-state index in [4.69, 9.17) is 14.5 Å². The fourth-order valence-corrected chi connectivity index (χ4v) is 5.30. The summed E-state index contributed by atoms with van der Waals surface area (Å²) in [6, 6.07) is 18.6. The Hall–Kier alpha value is -4.64. The number of hydrogen-bond acceptors (Lipinski definition) is 9. The van der Waals surface area contributed by atoms with Gasteiger partial charge < -0.3 is 14.6 Å². The lowest BCUT2D eigenvalue weighted by atomic mass is 10.1. The first kappa shape index (κ1) is 24.1. The molecule has 2 N–H and O–H groups in total. The normalized spacial score (nSPS) is 14.2. The third-order valence-corrected chi connectivity index (χ3v) is 7.15. The fourth-order valence-electron chi connectivity index (χ4n) is 4.31. The number of aliphatic carboxylic acids is 1. The highest BCUT2D eigenvalue weighted by Crippen LogP contribution is 2.43. The molecule has 1 aliphatic rings. The molecular formula is C26H22N4O6S. The lowest BCUT2D eigenvalue weighted by Gasteiger charge is -2.24. The smallest absolute Gasteiger partial charge is 0.328 e. The number of carboxylic acid groups (broad SMARTS) is 1. The molecule has 0 radical (unpaired) electrons. The van der Waals surface area contributed by atoms with Crippen LogP contribution in [0.4, 0.5) is 16.5 Å². The zero-order chi connectivity index (χ0) is 26.1. The first-order chi connectivity index (χ1) is 17.9. The summed E-state index contributed by atoms with van der Waals surface area (Å²) >= 11 is 1.35. The molecule has 37 heavy (non-hydrogen) atoms. The van der Waals surface area contributed by atoms with Crippen molar-refractivity contribution < 1.29 is 24.3 Å². The zero-order valence-corrected chi connectivity index (χ0v) is 20.7. The van der Waals surface area contributed by atoms with E-state index in [1.54, 1.807) is 26.4 Å². The average molecular weight is 519 g/mol. The van der Waals surface area contributed by atoms with E-state index in [0.29, 0.717) is 27.8 Å². The molecule has 0 spiro atoms. The van der Waals surface area contributed by atoms with Crippen molar-refractivity contribution in [3.63, 3.8) is 0 Å². The third kappa shape index (κ3) is 4.52. The van der Waals surface area contributed by atoms with E-state index in [1.165, 1.54) is 22.4 Å². The van der Waals surface area contributed by atoms with Crippen LogP contribution in [0.25, 0.3) is 21.7 Å². The largest absolute Gasteiger partial charge is 0.497 e. The number of nitro benzene ring substituents is 1. The Balaban J connectivity index is 1.58. The predicted molar refractivity (Wildman–Crippen MR) is 140 cm³/mol.